The van der Waals surface area contributed by atoms with Crippen molar-refractivity contribution >= 4 is 17.7 Å². The van der Waals surface area contributed by atoms with Gasteiger partial charge in [0.2, 0.25) is 11.7 Å². The number of rotatable bonds is 9. The molecule has 0 unspecified atom stereocenters. The third-order valence-corrected chi connectivity index (χ3v) is 2.72. The van der Waals surface area contributed by atoms with Crippen LogP contribution in [-0.4, -0.2) is 85.4 Å². The van der Waals surface area contributed by atoms with Crippen LogP contribution in [0.1, 0.15) is 13.3 Å². The van der Waals surface area contributed by atoms with Gasteiger partial charge in [0.15, 0.2) is 0 Å². The highest BCUT2D eigenvalue weighted by Crippen LogP contribution is 2.11. The number of aliphatic carboxylic acids is 1. The van der Waals surface area contributed by atoms with E-state index in [0.717, 1.165) is 6.92 Å². The number of carboxylic acid groups (broad SMARTS) is 1. The summed E-state index contributed by atoms with van der Waals surface area (Å²) < 4.78 is 0. The van der Waals surface area contributed by atoms with E-state index < -0.39 is 61.1 Å². The Morgan fingerprint density at radius 1 is 1.00 bits per heavy atom. The van der Waals surface area contributed by atoms with Crippen LogP contribution in [0.3, 0.4) is 0 Å². The van der Waals surface area contributed by atoms with Crippen molar-refractivity contribution in [2.24, 2.45) is 0 Å². The number of aliphatic hydroxyl groups is 5. The van der Waals surface area contributed by atoms with E-state index in [1.807, 2.05) is 5.32 Å². The second kappa shape index (κ2) is 8.64. The van der Waals surface area contributed by atoms with Gasteiger partial charge in [0.25, 0.3) is 0 Å². The zero-order chi connectivity index (χ0) is 16.7. The first-order valence-electron chi connectivity index (χ1n) is 5.98. The van der Waals surface area contributed by atoms with E-state index >= 15 is 0 Å². The number of aliphatic hydroxyl groups excluding tert-OH is 5. The molecular weight excluding hydrogens is 290 g/mol. The molecule has 0 aliphatic carbocycles. The third-order valence-electron chi connectivity index (χ3n) is 2.72. The van der Waals surface area contributed by atoms with Crippen molar-refractivity contribution in [2.75, 3.05) is 6.61 Å². The molecule has 122 valence electrons. The molecule has 0 spiro atoms. The Labute approximate surface area is 119 Å². The minimum atomic E-state index is -1.94. The number of ketones is 1. The van der Waals surface area contributed by atoms with Gasteiger partial charge in [-0.2, -0.15) is 0 Å². The Kier molecular flexibility index (Phi) is 7.99. The summed E-state index contributed by atoms with van der Waals surface area (Å²) in [5, 5.41) is 57.4. The number of Topliss-reactive ketones (excluding diaryl/α,β-unsaturated/α-hetero) is 1. The van der Waals surface area contributed by atoms with E-state index in [-0.39, 0.29) is 0 Å². The van der Waals surface area contributed by atoms with Gasteiger partial charge in [-0.05, 0) is 0 Å². The maximum atomic E-state index is 11.0. The van der Waals surface area contributed by atoms with Crippen LogP contribution >= 0.6 is 0 Å². The van der Waals surface area contributed by atoms with Crippen LogP contribution in [-0.2, 0) is 14.4 Å². The fourth-order valence-electron chi connectivity index (χ4n) is 1.60. The van der Waals surface area contributed by atoms with Gasteiger partial charge < -0.3 is 36.0 Å². The molecule has 0 heterocycles. The standard InChI is InChI=1S/C11H19NO9/c1-4(14)12-8(5(15)2-6(16)11(20)21)10(19)9(18)7(17)3-13/h5,7-10,13,15,17-19H,2-3H2,1H3,(H,12,14)(H,20,21)/t5-,7-,8-,9-,10-/m1/s1. The van der Waals surface area contributed by atoms with Crippen molar-refractivity contribution < 1.29 is 45.0 Å². The lowest BCUT2D eigenvalue weighted by Gasteiger charge is -2.32. The van der Waals surface area contributed by atoms with Gasteiger partial charge in [-0.3, -0.25) is 9.59 Å². The summed E-state index contributed by atoms with van der Waals surface area (Å²) in [4.78, 5) is 32.4. The lowest BCUT2D eigenvalue weighted by molar-refractivity contribution is -0.151. The molecule has 0 aromatic carbocycles. The summed E-state index contributed by atoms with van der Waals surface area (Å²) in [6.45, 7) is 0.134. The van der Waals surface area contributed by atoms with Gasteiger partial charge >= 0.3 is 5.97 Å². The van der Waals surface area contributed by atoms with E-state index in [2.05, 4.69) is 0 Å². The zero-order valence-electron chi connectivity index (χ0n) is 11.2. The van der Waals surface area contributed by atoms with Crippen molar-refractivity contribution in [3.8, 4) is 0 Å². The predicted octanol–water partition coefficient (Wildman–Crippen LogP) is -4.03. The van der Waals surface area contributed by atoms with Crippen LogP contribution in [0.2, 0.25) is 0 Å². The van der Waals surface area contributed by atoms with Crippen LogP contribution < -0.4 is 5.32 Å². The maximum Gasteiger partial charge on any atom is 0.372 e. The predicted molar refractivity (Wildman–Crippen MR) is 66.0 cm³/mol. The Morgan fingerprint density at radius 3 is 1.90 bits per heavy atom. The molecule has 0 radical (unpaired) electrons. The molecule has 5 atom stereocenters. The van der Waals surface area contributed by atoms with Gasteiger partial charge in [0.05, 0.1) is 18.8 Å². The van der Waals surface area contributed by atoms with Gasteiger partial charge in [-0.1, -0.05) is 0 Å². The molecule has 0 fully saturated rings. The summed E-state index contributed by atoms with van der Waals surface area (Å²) in [6.07, 6.45) is -8.35. The number of carboxylic acids is 1. The summed E-state index contributed by atoms with van der Waals surface area (Å²) in [5.41, 5.74) is 0. The lowest BCUT2D eigenvalue weighted by atomic mass is 9.94. The quantitative estimate of drug-likeness (QED) is 0.208. The Bertz CT molecular complexity index is 386. The minimum Gasteiger partial charge on any atom is -0.475 e. The first-order chi connectivity index (χ1) is 9.61. The molecule has 0 saturated heterocycles. The normalized spacial score (nSPS) is 18.2. The highest BCUT2D eigenvalue weighted by Gasteiger charge is 2.37. The van der Waals surface area contributed by atoms with E-state index in [1.54, 1.807) is 0 Å². The monoisotopic (exact) mass is 309 g/mol. The molecule has 0 aromatic rings. The molecule has 0 bridgehead atoms. The molecule has 0 saturated carbocycles. The molecule has 7 N–H and O–H groups in total. The van der Waals surface area contributed by atoms with Crippen molar-refractivity contribution in [2.45, 2.75) is 43.8 Å². The number of hydrogen-bond acceptors (Lipinski definition) is 8. The first-order valence-corrected chi connectivity index (χ1v) is 5.98. The van der Waals surface area contributed by atoms with Gasteiger partial charge in [0, 0.05) is 13.3 Å². The van der Waals surface area contributed by atoms with Crippen molar-refractivity contribution in [3.05, 3.63) is 0 Å². The summed E-state index contributed by atoms with van der Waals surface area (Å²) in [6, 6.07) is -1.61. The number of carbonyl (C=O) groups is 3. The van der Waals surface area contributed by atoms with E-state index in [4.69, 9.17) is 10.2 Å². The van der Waals surface area contributed by atoms with Crippen molar-refractivity contribution in [1.29, 1.82) is 0 Å². The van der Waals surface area contributed by atoms with E-state index in [1.165, 1.54) is 0 Å². The van der Waals surface area contributed by atoms with Crippen LogP contribution in [0, 0.1) is 0 Å². The zero-order valence-corrected chi connectivity index (χ0v) is 11.2. The number of amides is 1. The largest absolute Gasteiger partial charge is 0.475 e. The maximum absolute atomic E-state index is 11.0. The molecule has 10 nitrogen and oxygen atoms in total. The van der Waals surface area contributed by atoms with Crippen molar-refractivity contribution in [1.82, 2.24) is 5.32 Å². The smallest absolute Gasteiger partial charge is 0.372 e. The van der Waals surface area contributed by atoms with Gasteiger partial charge in [0.1, 0.15) is 18.3 Å². The Balaban J connectivity index is 5.04. The molecule has 0 aromatic heterocycles. The summed E-state index contributed by atoms with van der Waals surface area (Å²) >= 11 is 0. The van der Waals surface area contributed by atoms with E-state index in [0.29, 0.717) is 0 Å². The van der Waals surface area contributed by atoms with Gasteiger partial charge in [-0.25, -0.2) is 4.79 Å². The average Bonchev–Trinajstić information content (AvgIpc) is 2.41. The summed E-state index contributed by atoms with van der Waals surface area (Å²) in [5.74, 6) is -3.89. The molecule has 0 rings (SSSR count). The first kappa shape index (κ1) is 19.4. The second-order valence-electron chi connectivity index (χ2n) is 4.46. The van der Waals surface area contributed by atoms with Crippen LogP contribution in [0.5, 0.6) is 0 Å². The average molecular weight is 309 g/mol. The second-order valence-corrected chi connectivity index (χ2v) is 4.46. The molecule has 0 aliphatic rings. The molecule has 0 aliphatic heterocycles. The number of nitrogens with one attached hydrogen (secondary N) is 1. The van der Waals surface area contributed by atoms with Crippen LogP contribution in [0.25, 0.3) is 0 Å². The lowest BCUT2D eigenvalue weighted by Crippen LogP contribution is -2.57. The number of hydrogen-bond donors (Lipinski definition) is 7. The molecule has 10 heteroatoms. The highest BCUT2D eigenvalue weighted by molar-refractivity contribution is 6.32. The Hall–Kier alpha value is -1.59. The fourth-order valence-corrected chi connectivity index (χ4v) is 1.60. The van der Waals surface area contributed by atoms with E-state index in [9.17, 15) is 34.8 Å². The van der Waals surface area contributed by atoms with Crippen molar-refractivity contribution in [3.63, 3.8) is 0 Å². The molecule has 1 amide bonds. The molecular formula is C11H19NO9. The highest BCUT2D eigenvalue weighted by atomic mass is 16.4. The molecule has 21 heavy (non-hydrogen) atoms. The Morgan fingerprint density at radius 2 is 1.52 bits per heavy atom. The van der Waals surface area contributed by atoms with Gasteiger partial charge in [-0.15, -0.1) is 0 Å². The SMILES string of the molecule is CC(=O)N[C@@H]([C@@H](O)[C@H](O)[C@H](O)CO)[C@H](O)CC(=O)C(=O)O. The third kappa shape index (κ3) is 6.14. The van der Waals surface area contributed by atoms with Crippen LogP contribution in [0.15, 0.2) is 0 Å². The van der Waals surface area contributed by atoms with Crippen LogP contribution in [0.4, 0.5) is 0 Å². The fraction of sp³-hybridized carbons (Fsp3) is 0.727. The summed E-state index contributed by atoms with van der Waals surface area (Å²) in [7, 11) is 0. The minimum absolute atomic E-state index is 0.730. The topological polar surface area (TPSA) is 185 Å². The number of carbonyl (C=O) groups excluding carboxylic acids is 2.